The van der Waals surface area contributed by atoms with Gasteiger partial charge in [0.2, 0.25) is 0 Å². The van der Waals surface area contributed by atoms with Crippen LogP contribution >= 0.6 is 0 Å². The number of β-amino-alcohol motifs (C(OH)–C–C–N with tert-alkyl or cyclic N) is 1. The summed E-state index contributed by atoms with van der Waals surface area (Å²) in [5.74, 6) is 1.04. The summed E-state index contributed by atoms with van der Waals surface area (Å²) >= 11 is 0. The van der Waals surface area contributed by atoms with Gasteiger partial charge in [0.05, 0.1) is 24.9 Å². The summed E-state index contributed by atoms with van der Waals surface area (Å²) in [4.78, 5) is 15.1. The SMILES string of the molecule is Cc1cc2c(c(C(=O)NC[C@@H]3CCN(CCCCN)C[C@H]3O)c1)OCCCO2. The van der Waals surface area contributed by atoms with Crippen molar-refractivity contribution >= 4 is 5.91 Å². The van der Waals surface area contributed by atoms with Gasteiger partial charge in [0.15, 0.2) is 11.5 Å². The second kappa shape index (κ2) is 10.1. The molecule has 0 saturated carbocycles. The Bertz CT molecular complexity index is 667. The Morgan fingerprint density at radius 3 is 2.93 bits per heavy atom. The zero-order valence-corrected chi connectivity index (χ0v) is 16.8. The third-order valence-electron chi connectivity index (χ3n) is 5.50. The fourth-order valence-electron chi connectivity index (χ4n) is 3.87. The van der Waals surface area contributed by atoms with Crippen LogP contribution in [0.3, 0.4) is 0 Å². The van der Waals surface area contributed by atoms with Gasteiger partial charge >= 0.3 is 0 Å². The average Bonchev–Trinajstić information content (AvgIpc) is 2.92. The molecule has 2 atom stereocenters. The van der Waals surface area contributed by atoms with Crippen LogP contribution in [-0.4, -0.2) is 68.0 Å². The molecule has 0 bridgehead atoms. The van der Waals surface area contributed by atoms with Crippen LogP contribution in [0.1, 0.15) is 41.6 Å². The molecule has 0 spiro atoms. The average molecular weight is 392 g/mol. The summed E-state index contributed by atoms with van der Waals surface area (Å²) in [7, 11) is 0. The standard InChI is InChI=1S/C21H33N3O4/c1-15-11-17(20-19(12-15)27-9-4-10-28-20)21(26)23-13-16-5-8-24(14-18(16)25)7-3-2-6-22/h11-12,16,18,25H,2-10,13-14,22H2,1H3,(H,23,26)/t16-,18+/m0/s1. The van der Waals surface area contributed by atoms with Gasteiger partial charge < -0.3 is 30.5 Å². The van der Waals surface area contributed by atoms with Crippen LogP contribution in [0.15, 0.2) is 12.1 Å². The summed E-state index contributed by atoms with van der Waals surface area (Å²) in [6, 6.07) is 3.74. The fraction of sp³-hybridized carbons (Fsp3) is 0.667. The minimum Gasteiger partial charge on any atom is -0.490 e. The highest BCUT2D eigenvalue weighted by Crippen LogP contribution is 2.34. The summed E-state index contributed by atoms with van der Waals surface area (Å²) in [5.41, 5.74) is 7.01. The number of nitrogens with zero attached hydrogens (tertiary/aromatic N) is 1. The third-order valence-corrected chi connectivity index (χ3v) is 5.50. The molecular formula is C21H33N3O4. The number of benzene rings is 1. The molecule has 1 aromatic rings. The molecule has 1 amide bonds. The lowest BCUT2D eigenvalue weighted by molar-refractivity contribution is 0.0216. The van der Waals surface area contributed by atoms with Gasteiger partial charge in [0, 0.05) is 25.4 Å². The van der Waals surface area contributed by atoms with Crippen molar-refractivity contribution in [2.24, 2.45) is 11.7 Å². The Labute approximate surface area is 167 Å². The number of likely N-dealkylation sites (tertiary alicyclic amines) is 1. The monoisotopic (exact) mass is 391 g/mol. The molecule has 0 aliphatic carbocycles. The normalized spacial score (nSPS) is 22.5. The largest absolute Gasteiger partial charge is 0.490 e. The van der Waals surface area contributed by atoms with Crippen molar-refractivity contribution in [3.8, 4) is 11.5 Å². The Hall–Kier alpha value is -1.83. The summed E-state index contributed by atoms with van der Waals surface area (Å²) < 4.78 is 11.5. The Balaban J connectivity index is 1.56. The first-order valence-corrected chi connectivity index (χ1v) is 10.4. The topological polar surface area (TPSA) is 97.1 Å². The van der Waals surface area contributed by atoms with E-state index in [0.29, 0.717) is 49.9 Å². The maximum absolute atomic E-state index is 12.8. The van der Waals surface area contributed by atoms with E-state index in [9.17, 15) is 9.90 Å². The van der Waals surface area contributed by atoms with E-state index < -0.39 is 6.10 Å². The molecule has 4 N–H and O–H groups in total. The number of nitrogens with two attached hydrogens (primary N) is 1. The number of carbonyl (C=O) groups excluding carboxylic acids is 1. The van der Waals surface area contributed by atoms with Crippen molar-refractivity contribution in [2.75, 3.05) is 45.9 Å². The van der Waals surface area contributed by atoms with Gasteiger partial charge in [-0.25, -0.2) is 0 Å². The highest BCUT2D eigenvalue weighted by atomic mass is 16.5. The fourth-order valence-corrected chi connectivity index (χ4v) is 3.87. The van der Waals surface area contributed by atoms with E-state index in [1.807, 2.05) is 19.1 Å². The van der Waals surface area contributed by atoms with E-state index in [1.54, 1.807) is 0 Å². The number of aliphatic hydroxyl groups is 1. The van der Waals surface area contributed by atoms with Crippen molar-refractivity contribution in [1.82, 2.24) is 10.2 Å². The Kier molecular flexibility index (Phi) is 7.53. The quantitative estimate of drug-likeness (QED) is 0.607. The number of aliphatic hydroxyl groups excluding tert-OH is 1. The molecule has 1 fully saturated rings. The number of hydrogen-bond acceptors (Lipinski definition) is 6. The first-order chi connectivity index (χ1) is 13.6. The van der Waals surface area contributed by atoms with E-state index in [0.717, 1.165) is 44.3 Å². The summed E-state index contributed by atoms with van der Waals surface area (Å²) in [6.07, 6.45) is 3.31. The van der Waals surface area contributed by atoms with Gasteiger partial charge in [-0.05, 0) is 63.5 Å². The van der Waals surface area contributed by atoms with E-state index >= 15 is 0 Å². The molecule has 2 aliphatic heterocycles. The van der Waals surface area contributed by atoms with E-state index in [-0.39, 0.29) is 11.8 Å². The third kappa shape index (κ3) is 5.37. The van der Waals surface area contributed by atoms with Crippen LogP contribution < -0.4 is 20.5 Å². The van der Waals surface area contributed by atoms with Gasteiger partial charge in [-0.15, -0.1) is 0 Å². The van der Waals surface area contributed by atoms with E-state index in [2.05, 4.69) is 10.2 Å². The molecule has 2 aliphatic rings. The number of unbranched alkanes of at least 4 members (excludes halogenated alkanes) is 1. The van der Waals surface area contributed by atoms with Gasteiger partial charge in [-0.1, -0.05) is 0 Å². The molecule has 0 radical (unpaired) electrons. The predicted molar refractivity (Wildman–Crippen MR) is 108 cm³/mol. The van der Waals surface area contributed by atoms with Crippen molar-refractivity contribution in [2.45, 2.75) is 38.7 Å². The Morgan fingerprint density at radius 1 is 1.32 bits per heavy atom. The van der Waals surface area contributed by atoms with Crippen LogP contribution in [0.4, 0.5) is 0 Å². The van der Waals surface area contributed by atoms with Gasteiger partial charge in [-0.2, -0.15) is 0 Å². The second-order valence-electron chi connectivity index (χ2n) is 7.81. The van der Waals surface area contributed by atoms with Crippen molar-refractivity contribution < 1.29 is 19.4 Å². The highest BCUT2D eigenvalue weighted by molar-refractivity contribution is 5.98. The van der Waals surface area contributed by atoms with Crippen molar-refractivity contribution in [3.05, 3.63) is 23.3 Å². The molecule has 2 heterocycles. The molecule has 7 heteroatoms. The first-order valence-electron chi connectivity index (χ1n) is 10.4. The summed E-state index contributed by atoms with van der Waals surface area (Å²) in [6.45, 7) is 6.81. The summed E-state index contributed by atoms with van der Waals surface area (Å²) in [5, 5.41) is 13.5. The molecule has 0 unspecified atom stereocenters. The number of amides is 1. The van der Waals surface area contributed by atoms with Gasteiger partial charge in [0.25, 0.3) is 5.91 Å². The molecule has 156 valence electrons. The highest BCUT2D eigenvalue weighted by Gasteiger charge is 2.28. The lowest BCUT2D eigenvalue weighted by Gasteiger charge is -2.36. The number of nitrogens with one attached hydrogen (secondary N) is 1. The molecule has 3 rings (SSSR count). The number of carbonyl (C=O) groups is 1. The van der Waals surface area contributed by atoms with Gasteiger partial charge in [-0.3, -0.25) is 4.79 Å². The van der Waals surface area contributed by atoms with Crippen LogP contribution in [0.2, 0.25) is 0 Å². The van der Waals surface area contributed by atoms with E-state index in [4.69, 9.17) is 15.2 Å². The first kappa shape index (κ1) is 20.9. The number of piperidine rings is 1. The number of fused-ring (bicyclic) bond motifs is 1. The maximum atomic E-state index is 12.8. The predicted octanol–water partition coefficient (Wildman–Crippen LogP) is 1.31. The zero-order valence-electron chi connectivity index (χ0n) is 16.8. The van der Waals surface area contributed by atoms with E-state index in [1.165, 1.54) is 0 Å². The molecular weight excluding hydrogens is 358 g/mol. The number of aryl methyl sites for hydroxylation is 1. The van der Waals surface area contributed by atoms with Gasteiger partial charge in [0.1, 0.15) is 0 Å². The number of ether oxygens (including phenoxy) is 2. The minimum atomic E-state index is -0.430. The van der Waals surface area contributed by atoms with Crippen molar-refractivity contribution in [1.29, 1.82) is 0 Å². The second-order valence-corrected chi connectivity index (χ2v) is 7.81. The maximum Gasteiger partial charge on any atom is 0.255 e. The molecule has 7 nitrogen and oxygen atoms in total. The molecule has 0 aromatic heterocycles. The molecule has 28 heavy (non-hydrogen) atoms. The van der Waals surface area contributed by atoms with Crippen LogP contribution in [0.25, 0.3) is 0 Å². The lowest BCUT2D eigenvalue weighted by Crippen LogP contribution is -2.47. The van der Waals surface area contributed by atoms with Crippen LogP contribution in [-0.2, 0) is 0 Å². The van der Waals surface area contributed by atoms with Crippen LogP contribution in [0.5, 0.6) is 11.5 Å². The Morgan fingerprint density at radius 2 is 2.14 bits per heavy atom. The molecule has 1 aromatic carbocycles. The van der Waals surface area contributed by atoms with Crippen LogP contribution in [0, 0.1) is 12.8 Å². The van der Waals surface area contributed by atoms with Crippen molar-refractivity contribution in [3.63, 3.8) is 0 Å². The zero-order chi connectivity index (χ0) is 19.9. The number of rotatable bonds is 7. The number of hydrogen-bond donors (Lipinski definition) is 3. The lowest BCUT2D eigenvalue weighted by atomic mass is 9.93. The minimum absolute atomic E-state index is 0.0651. The molecule has 1 saturated heterocycles. The smallest absolute Gasteiger partial charge is 0.255 e.